The quantitative estimate of drug-likeness (QED) is 0.629. The maximum Gasteiger partial charge on any atom is 0.0135 e. The summed E-state index contributed by atoms with van der Waals surface area (Å²) >= 11 is 6.07. The Labute approximate surface area is 73.5 Å². The average Bonchev–Trinajstić information content (AvgIpc) is 1.87. The normalized spacial score (nSPS) is 14.1. The standard InChI is InChI=1S/C7H17NS2/c1-6(2)10-4-3-7(8)5-9/h6-7,9H,3-5,8H2,1-2H3. The van der Waals surface area contributed by atoms with E-state index >= 15 is 0 Å². The highest BCUT2D eigenvalue weighted by Crippen LogP contribution is 2.11. The molecule has 0 radical (unpaired) electrons. The molecule has 1 unspecified atom stereocenters. The summed E-state index contributed by atoms with van der Waals surface area (Å²) in [5.74, 6) is 1.97. The minimum Gasteiger partial charge on any atom is -0.327 e. The van der Waals surface area contributed by atoms with Crippen molar-refractivity contribution in [2.75, 3.05) is 11.5 Å². The maximum absolute atomic E-state index is 5.67. The minimum atomic E-state index is 0.287. The molecule has 0 amide bonds. The van der Waals surface area contributed by atoms with E-state index in [1.165, 1.54) is 5.75 Å². The third-order valence-corrected chi connectivity index (χ3v) is 2.78. The number of hydrogen-bond donors (Lipinski definition) is 2. The van der Waals surface area contributed by atoms with E-state index in [0.29, 0.717) is 0 Å². The van der Waals surface area contributed by atoms with Gasteiger partial charge < -0.3 is 5.73 Å². The van der Waals surface area contributed by atoms with E-state index in [4.69, 9.17) is 5.73 Å². The summed E-state index contributed by atoms with van der Waals surface area (Å²) in [5.41, 5.74) is 5.67. The predicted molar refractivity (Wildman–Crippen MR) is 54.0 cm³/mol. The zero-order chi connectivity index (χ0) is 7.98. The molecule has 3 heteroatoms. The molecular formula is C7H17NS2. The van der Waals surface area contributed by atoms with Crippen LogP contribution in [0.15, 0.2) is 0 Å². The van der Waals surface area contributed by atoms with Gasteiger partial charge in [0, 0.05) is 11.8 Å². The van der Waals surface area contributed by atoms with Crippen molar-refractivity contribution in [1.82, 2.24) is 0 Å². The summed E-state index contributed by atoms with van der Waals surface area (Å²) in [6.07, 6.45) is 1.09. The molecule has 0 saturated carbocycles. The Kier molecular flexibility index (Phi) is 6.80. The zero-order valence-corrected chi connectivity index (χ0v) is 8.42. The van der Waals surface area contributed by atoms with Crippen LogP contribution in [0.3, 0.4) is 0 Å². The van der Waals surface area contributed by atoms with Gasteiger partial charge in [0.05, 0.1) is 0 Å². The molecule has 2 N–H and O–H groups in total. The second kappa shape index (κ2) is 6.38. The summed E-state index contributed by atoms with van der Waals surface area (Å²) in [4.78, 5) is 0. The van der Waals surface area contributed by atoms with Crippen molar-refractivity contribution in [2.24, 2.45) is 5.73 Å². The largest absolute Gasteiger partial charge is 0.327 e. The van der Waals surface area contributed by atoms with Gasteiger partial charge in [0.25, 0.3) is 0 Å². The third-order valence-electron chi connectivity index (χ3n) is 1.17. The number of rotatable bonds is 5. The Morgan fingerprint density at radius 1 is 1.50 bits per heavy atom. The van der Waals surface area contributed by atoms with Crippen LogP contribution in [0.1, 0.15) is 20.3 Å². The van der Waals surface area contributed by atoms with Crippen molar-refractivity contribution < 1.29 is 0 Å². The lowest BCUT2D eigenvalue weighted by atomic mass is 10.3. The van der Waals surface area contributed by atoms with E-state index in [-0.39, 0.29) is 6.04 Å². The number of nitrogens with two attached hydrogens (primary N) is 1. The van der Waals surface area contributed by atoms with E-state index in [9.17, 15) is 0 Å². The molecule has 0 aliphatic heterocycles. The molecule has 0 heterocycles. The monoisotopic (exact) mass is 179 g/mol. The van der Waals surface area contributed by atoms with E-state index in [1.807, 2.05) is 11.8 Å². The first-order chi connectivity index (χ1) is 4.66. The van der Waals surface area contributed by atoms with E-state index in [2.05, 4.69) is 26.5 Å². The average molecular weight is 179 g/mol. The summed E-state index contributed by atoms with van der Waals surface area (Å²) in [6.45, 7) is 4.41. The van der Waals surface area contributed by atoms with Gasteiger partial charge in [-0.1, -0.05) is 13.8 Å². The first-order valence-corrected chi connectivity index (χ1v) is 5.33. The Balaban J connectivity index is 3.03. The van der Waals surface area contributed by atoms with Gasteiger partial charge in [0.1, 0.15) is 0 Å². The first-order valence-electron chi connectivity index (χ1n) is 3.65. The molecule has 0 aromatic carbocycles. The molecule has 0 saturated heterocycles. The molecule has 0 spiro atoms. The highest BCUT2D eigenvalue weighted by Gasteiger charge is 1.99. The lowest BCUT2D eigenvalue weighted by Crippen LogP contribution is -2.22. The maximum atomic E-state index is 5.67. The van der Waals surface area contributed by atoms with Crippen LogP contribution in [-0.2, 0) is 0 Å². The molecule has 0 bridgehead atoms. The summed E-state index contributed by atoms with van der Waals surface area (Å²) in [6, 6.07) is 0.287. The summed E-state index contributed by atoms with van der Waals surface area (Å²) in [5, 5.41) is 0.729. The van der Waals surface area contributed by atoms with Gasteiger partial charge in [-0.25, -0.2) is 0 Å². The van der Waals surface area contributed by atoms with Gasteiger partial charge in [-0.3, -0.25) is 0 Å². The number of hydrogen-bond acceptors (Lipinski definition) is 3. The zero-order valence-electron chi connectivity index (χ0n) is 6.71. The number of thioether (sulfide) groups is 1. The smallest absolute Gasteiger partial charge is 0.0135 e. The van der Waals surface area contributed by atoms with E-state index < -0.39 is 0 Å². The van der Waals surface area contributed by atoms with Gasteiger partial charge in [-0.15, -0.1) is 0 Å². The molecule has 62 valence electrons. The van der Waals surface area contributed by atoms with Crippen molar-refractivity contribution in [2.45, 2.75) is 31.6 Å². The third kappa shape index (κ3) is 6.78. The minimum absolute atomic E-state index is 0.287. The molecule has 0 rings (SSSR count). The molecule has 0 aromatic heterocycles. The van der Waals surface area contributed by atoms with Crippen LogP contribution in [0.2, 0.25) is 0 Å². The van der Waals surface area contributed by atoms with Crippen molar-refractivity contribution in [3.05, 3.63) is 0 Å². The lowest BCUT2D eigenvalue weighted by molar-refractivity contribution is 0.732. The van der Waals surface area contributed by atoms with Crippen LogP contribution in [0.5, 0.6) is 0 Å². The fourth-order valence-electron chi connectivity index (χ4n) is 0.546. The Morgan fingerprint density at radius 2 is 2.10 bits per heavy atom. The van der Waals surface area contributed by atoms with Gasteiger partial charge in [-0.05, 0) is 17.4 Å². The van der Waals surface area contributed by atoms with Gasteiger partial charge >= 0.3 is 0 Å². The van der Waals surface area contributed by atoms with Crippen LogP contribution < -0.4 is 5.73 Å². The van der Waals surface area contributed by atoms with Gasteiger partial charge in [0.2, 0.25) is 0 Å². The van der Waals surface area contributed by atoms with E-state index in [1.54, 1.807) is 0 Å². The topological polar surface area (TPSA) is 26.0 Å². The van der Waals surface area contributed by atoms with Gasteiger partial charge in [0.15, 0.2) is 0 Å². The molecule has 0 fully saturated rings. The predicted octanol–water partition coefficient (Wildman–Crippen LogP) is 1.78. The van der Waals surface area contributed by atoms with Crippen LogP contribution in [-0.4, -0.2) is 22.8 Å². The van der Waals surface area contributed by atoms with Crippen LogP contribution in [0.25, 0.3) is 0 Å². The molecular weight excluding hydrogens is 162 g/mol. The fourth-order valence-corrected chi connectivity index (χ4v) is 1.64. The molecule has 1 nitrogen and oxygen atoms in total. The van der Waals surface area contributed by atoms with Crippen LogP contribution >= 0.6 is 24.4 Å². The molecule has 0 aliphatic rings. The lowest BCUT2D eigenvalue weighted by Gasteiger charge is -2.08. The highest BCUT2D eigenvalue weighted by atomic mass is 32.2. The summed E-state index contributed by atoms with van der Waals surface area (Å²) in [7, 11) is 0. The second-order valence-corrected chi connectivity index (χ2v) is 4.70. The Hall–Kier alpha value is 0.660. The van der Waals surface area contributed by atoms with Crippen molar-refractivity contribution in [1.29, 1.82) is 0 Å². The number of thiol groups is 1. The van der Waals surface area contributed by atoms with Crippen molar-refractivity contribution >= 4 is 24.4 Å². The van der Waals surface area contributed by atoms with Crippen molar-refractivity contribution in [3.63, 3.8) is 0 Å². The van der Waals surface area contributed by atoms with Crippen LogP contribution in [0.4, 0.5) is 0 Å². The summed E-state index contributed by atoms with van der Waals surface area (Å²) < 4.78 is 0. The SMILES string of the molecule is CC(C)SCCC(N)CS. The fraction of sp³-hybridized carbons (Fsp3) is 1.00. The molecule has 1 atom stereocenters. The molecule has 10 heavy (non-hydrogen) atoms. The molecule has 0 aromatic rings. The Bertz CT molecular complexity index is 76.0. The highest BCUT2D eigenvalue weighted by molar-refractivity contribution is 7.99. The van der Waals surface area contributed by atoms with Gasteiger partial charge in [-0.2, -0.15) is 24.4 Å². The van der Waals surface area contributed by atoms with E-state index in [0.717, 1.165) is 17.4 Å². The first kappa shape index (κ1) is 10.7. The second-order valence-electron chi connectivity index (χ2n) is 2.65. The van der Waals surface area contributed by atoms with Crippen molar-refractivity contribution in [3.8, 4) is 0 Å². The Morgan fingerprint density at radius 3 is 2.50 bits per heavy atom. The molecule has 0 aliphatic carbocycles. The van der Waals surface area contributed by atoms with Crippen LogP contribution in [0, 0.1) is 0 Å².